The summed E-state index contributed by atoms with van der Waals surface area (Å²) in [5, 5.41) is 13.3. The zero-order valence-corrected chi connectivity index (χ0v) is 11.6. The van der Waals surface area contributed by atoms with Crippen LogP contribution in [-0.2, 0) is 0 Å². The molecule has 21 heavy (non-hydrogen) atoms. The minimum absolute atomic E-state index is 0.00484. The Kier molecular flexibility index (Phi) is 3.38. The van der Waals surface area contributed by atoms with E-state index in [-0.39, 0.29) is 17.1 Å². The molecule has 1 aromatic carbocycles. The van der Waals surface area contributed by atoms with Crippen LogP contribution in [0.15, 0.2) is 6.07 Å². The van der Waals surface area contributed by atoms with E-state index in [1.54, 1.807) is 0 Å². The Balaban J connectivity index is 2.16. The first-order chi connectivity index (χ1) is 10.1. The summed E-state index contributed by atoms with van der Waals surface area (Å²) in [4.78, 5) is 10.4. The van der Waals surface area contributed by atoms with Gasteiger partial charge in [-0.15, -0.1) is 0 Å². The number of anilines is 2. The number of halogens is 1. The fraction of sp³-hybridized carbons (Fsp3) is 0.385. The molecule has 8 heteroatoms. The second-order valence-electron chi connectivity index (χ2n) is 4.78. The Bertz CT molecular complexity index is 688. The third-order valence-electron chi connectivity index (χ3n) is 3.51. The van der Waals surface area contributed by atoms with Crippen LogP contribution < -0.4 is 20.7 Å². The number of fused-ring (bicyclic) bond motifs is 1. The minimum atomic E-state index is -0.852. The van der Waals surface area contributed by atoms with Crippen molar-refractivity contribution in [2.45, 2.75) is 0 Å². The second kappa shape index (κ2) is 5.21. The molecule has 1 aromatic heterocycles. The number of nitrogen functional groups attached to an aromatic ring is 1. The Morgan fingerprint density at radius 3 is 2.76 bits per heavy atom. The highest BCUT2D eigenvalue weighted by atomic mass is 19.1. The molecule has 0 bridgehead atoms. The predicted molar refractivity (Wildman–Crippen MR) is 77.2 cm³/mol. The van der Waals surface area contributed by atoms with Crippen molar-refractivity contribution in [2.75, 3.05) is 43.9 Å². The first-order valence-corrected chi connectivity index (χ1v) is 6.60. The van der Waals surface area contributed by atoms with Crippen molar-refractivity contribution in [1.82, 2.24) is 15.3 Å². The highest BCUT2D eigenvalue weighted by Crippen LogP contribution is 2.36. The molecule has 7 nitrogen and oxygen atoms in total. The van der Waals surface area contributed by atoms with Crippen molar-refractivity contribution in [3.8, 4) is 11.5 Å². The molecular formula is C13H16FN5O2. The predicted octanol–water partition coefficient (Wildman–Crippen LogP) is 0.475. The number of nitrogens with two attached hydrogens (primary N) is 1. The Hall–Kier alpha value is -2.35. The molecule has 0 spiro atoms. The topological polar surface area (TPSA) is 96.5 Å². The summed E-state index contributed by atoms with van der Waals surface area (Å²) >= 11 is 0. The molecule has 0 atom stereocenters. The van der Waals surface area contributed by atoms with Crippen molar-refractivity contribution in [1.29, 1.82) is 0 Å². The number of aromatic hydroxyl groups is 1. The molecule has 0 unspecified atom stereocenters. The van der Waals surface area contributed by atoms with Gasteiger partial charge in [-0.1, -0.05) is 0 Å². The summed E-state index contributed by atoms with van der Waals surface area (Å²) in [6.07, 6.45) is 0. The summed E-state index contributed by atoms with van der Waals surface area (Å²) < 4.78 is 19.2. The SMILES string of the molecule is COc1cc2c(N)nc(N3CCNCC3)nc2c(F)c1O. The van der Waals surface area contributed by atoms with Crippen LogP contribution in [0.4, 0.5) is 16.2 Å². The van der Waals surface area contributed by atoms with Crippen molar-refractivity contribution < 1.29 is 14.2 Å². The normalized spacial score (nSPS) is 15.4. The Labute approximate surface area is 120 Å². The summed E-state index contributed by atoms with van der Waals surface area (Å²) in [5.74, 6) is -0.898. The molecule has 0 saturated carbocycles. The van der Waals surface area contributed by atoms with Gasteiger partial charge in [0, 0.05) is 31.6 Å². The minimum Gasteiger partial charge on any atom is -0.502 e. The number of nitrogens with zero attached hydrogens (tertiary/aromatic N) is 3. The molecule has 1 fully saturated rings. The number of benzene rings is 1. The molecule has 4 N–H and O–H groups in total. The smallest absolute Gasteiger partial charge is 0.228 e. The van der Waals surface area contributed by atoms with Crippen LogP contribution in [0.3, 0.4) is 0 Å². The maximum absolute atomic E-state index is 14.3. The zero-order valence-electron chi connectivity index (χ0n) is 11.6. The lowest BCUT2D eigenvalue weighted by Gasteiger charge is -2.27. The van der Waals surface area contributed by atoms with E-state index in [1.807, 2.05) is 4.90 Å². The average molecular weight is 293 g/mol. The molecule has 0 radical (unpaired) electrons. The molecule has 1 aliphatic rings. The van der Waals surface area contributed by atoms with Crippen LogP contribution in [0.5, 0.6) is 11.5 Å². The van der Waals surface area contributed by atoms with Crippen LogP contribution in [-0.4, -0.2) is 48.4 Å². The number of nitrogens with one attached hydrogen (secondary N) is 1. The van der Waals surface area contributed by atoms with E-state index in [9.17, 15) is 9.50 Å². The van der Waals surface area contributed by atoms with Crippen LogP contribution in [0.25, 0.3) is 10.9 Å². The fourth-order valence-electron chi connectivity index (χ4n) is 2.37. The molecule has 112 valence electrons. The van der Waals surface area contributed by atoms with Crippen molar-refractivity contribution >= 4 is 22.7 Å². The van der Waals surface area contributed by atoms with Gasteiger partial charge in [-0.2, -0.15) is 4.98 Å². The summed E-state index contributed by atoms with van der Waals surface area (Å²) in [5.41, 5.74) is 5.90. The van der Waals surface area contributed by atoms with Gasteiger partial charge in [-0.25, -0.2) is 9.37 Å². The van der Waals surface area contributed by atoms with E-state index in [4.69, 9.17) is 10.5 Å². The monoisotopic (exact) mass is 293 g/mol. The summed E-state index contributed by atoms with van der Waals surface area (Å²) in [6, 6.07) is 1.44. The third-order valence-corrected chi connectivity index (χ3v) is 3.51. The highest BCUT2D eigenvalue weighted by Gasteiger charge is 2.20. The molecule has 1 aliphatic heterocycles. The number of ether oxygens (including phenoxy) is 1. The average Bonchev–Trinajstić information content (AvgIpc) is 2.52. The molecule has 0 amide bonds. The van der Waals surface area contributed by atoms with Crippen LogP contribution in [0.2, 0.25) is 0 Å². The van der Waals surface area contributed by atoms with Gasteiger partial charge in [0.2, 0.25) is 5.95 Å². The molecule has 2 heterocycles. The molecule has 0 aliphatic carbocycles. The zero-order chi connectivity index (χ0) is 15.0. The number of phenolic OH excluding ortho intramolecular Hbond substituents is 1. The van der Waals surface area contributed by atoms with Crippen LogP contribution in [0, 0.1) is 5.82 Å². The van der Waals surface area contributed by atoms with Crippen LogP contribution >= 0.6 is 0 Å². The van der Waals surface area contributed by atoms with E-state index in [0.29, 0.717) is 24.4 Å². The maximum atomic E-state index is 14.3. The van der Waals surface area contributed by atoms with Crippen LogP contribution in [0.1, 0.15) is 0 Å². The Morgan fingerprint density at radius 1 is 1.38 bits per heavy atom. The van der Waals surface area contributed by atoms with Gasteiger partial charge in [-0.3, -0.25) is 0 Å². The first kappa shape index (κ1) is 13.6. The quantitative estimate of drug-likeness (QED) is 0.740. The van der Waals surface area contributed by atoms with E-state index < -0.39 is 11.6 Å². The largest absolute Gasteiger partial charge is 0.502 e. The lowest BCUT2D eigenvalue weighted by atomic mass is 10.2. The molecule has 1 saturated heterocycles. The van der Waals surface area contributed by atoms with E-state index in [2.05, 4.69) is 15.3 Å². The molecular weight excluding hydrogens is 277 g/mol. The number of rotatable bonds is 2. The van der Waals surface area contributed by atoms with Gasteiger partial charge in [0.05, 0.1) is 7.11 Å². The van der Waals surface area contributed by atoms with Crippen molar-refractivity contribution in [3.05, 3.63) is 11.9 Å². The second-order valence-corrected chi connectivity index (χ2v) is 4.78. The van der Waals surface area contributed by atoms with Gasteiger partial charge in [-0.05, 0) is 6.07 Å². The van der Waals surface area contributed by atoms with E-state index in [0.717, 1.165) is 13.1 Å². The third kappa shape index (κ3) is 2.27. The van der Waals surface area contributed by atoms with Crippen molar-refractivity contribution in [2.24, 2.45) is 0 Å². The summed E-state index contributed by atoms with van der Waals surface area (Å²) in [6.45, 7) is 3.04. The van der Waals surface area contributed by atoms with E-state index in [1.165, 1.54) is 13.2 Å². The van der Waals surface area contributed by atoms with Gasteiger partial charge < -0.3 is 25.8 Å². The van der Waals surface area contributed by atoms with Gasteiger partial charge in [0.15, 0.2) is 17.3 Å². The molecule has 3 rings (SSSR count). The number of hydrogen-bond donors (Lipinski definition) is 3. The standard InChI is InChI=1S/C13H16FN5O2/c1-21-8-6-7-10(9(14)11(8)20)17-13(18-12(7)15)19-4-2-16-3-5-19/h6,16,20H,2-5H2,1H3,(H2,15,17,18). The Morgan fingerprint density at radius 2 is 2.10 bits per heavy atom. The van der Waals surface area contributed by atoms with Gasteiger partial charge in [0.1, 0.15) is 11.3 Å². The molecule has 2 aromatic rings. The van der Waals surface area contributed by atoms with E-state index >= 15 is 0 Å². The number of methoxy groups -OCH3 is 1. The fourth-order valence-corrected chi connectivity index (χ4v) is 2.37. The number of aromatic nitrogens is 2. The van der Waals surface area contributed by atoms with Gasteiger partial charge >= 0.3 is 0 Å². The first-order valence-electron chi connectivity index (χ1n) is 6.60. The number of hydrogen-bond acceptors (Lipinski definition) is 7. The van der Waals surface area contributed by atoms with Gasteiger partial charge in [0.25, 0.3) is 0 Å². The van der Waals surface area contributed by atoms with Crippen molar-refractivity contribution in [3.63, 3.8) is 0 Å². The lowest BCUT2D eigenvalue weighted by molar-refractivity contribution is 0.359. The number of piperazine rings is 1. The maximum Gasteiger partial charge on any atom is 0.228 e. The summed E-state index contributed by atoms with van der Waals surface area (Å²) in [7, 11) is 1.34. The highest BCUT2D eigenvalue weighted by molar-refractivity contribution is 5.92. The number of phenols is 1. The lowest BCUT2D eigenvalue weighted by Crippen LogP contribution is -2.44.